The summed E-state index contributed by atoms with van der Waals surface area (Å²) in [6.45, 7) is 2.39. The highest BCUT2D eigenvalue weighted by Crippen LogP contribution is 2.14. The summed E-state index contributed by atoms with van der Waals surface area (Å²) in [6, 6.07) is 7.14. The molecule has 0 aliphatic carbocycles. The summed E-state index contributed by atoms with van der Waals surface area (Å²) in [6.07, 6.45) is 3.50. The van der Waals surface area contributed by atoms with Crippen molar-refractivity contribution in [2.75, 3.05) is 37.0 Å². The molecule has 1 heterocycles. The van der Waals surface area contributed by atoms with Gasteiger partial charge in [0, 0.05) is 36.1 Å². The molecular formula is C17H23BrN2O3. The third kappa shape index (κ3) is 5.95. The van der Waals surface area contributed by atoms with E-state index in [0.29, 0.717) is 44.0 Å². The second-order valence-electron chi connectivity index (χ2n) is 5.53. The Hall–Kier alpha value is -1.40. The highest BCUT2D eigenvalue weighted by Gasteiger charge is 2.18. The molecule has 2 amide bonds. The molecule has 126 valence electrons. The van der Waals surface area contributed by atoms with Crippen LogP contribution in [0.5, 0.6) is 0 Å². The number of morpholine rings is 1. The zero-order valence-electron chi connectivity index (χ0n) is 13.2. The number of hydrogen-bond donors (Lipinski definition) is 1. The fraction of sp³-hybridized carbons (Fsp3) is 0.529. The molecule has 1 aromatic carbocycles. The lowest BCUT2D eigenvalue weighted by molar-refractivity contribution is -0.116. The lowest BCUT2D eigenvalue weighted by atomic mass is 10.1. The minimum absolute atomic E-state index is 0.00413. The van der Waals surface area contributed by atoms with Crippen LogP contribution >= 0.6 is 15.9 Å². The maximum Gasteiger partial charge on any atom is 0.254 e. The summed E-state index contributed by atoms with van der Waals surface area (Å²) in [7, 11) is 0. The Morgan fingerprint density at radius 2 is 1.96 bits per heavy atom. The van der Waals surface area contributed by atoms with Gasteiger partial charge in [-0.15, -0.1) is 0 Å². The van der Waals surface area contributed by atoms with Crippen molar-refractivity contribution >= 4 is 33.4 Å². The largest absolute Gasteiger partial charge is 0.378 e. The second-order valence-corrected chi connectivity index (χ2v) is 6.33. The highest BCUT2D eigenvalue weighted by atomic mass is 79.9. The Morgan fingerprint density at radius 1 is 1.17 bits per heavy atom. The van der Waals surface area contributed by atoms with E-state index in [9.17, 15) is 9.59 Å². The van der Waals surface area contributed by atoms with Crippen LogP contribution < -0.4 is 5.32 Å². The summed E-state index contributed by atoms with van der Waals surface area (Å²) in [5, 5.41) is 3.84. The first-order valence-corrected chi connectivity index (χ1v) is 9.16. The van der Waals surface area contributed by atoms with Crippen LogP contribution in [0, 0.1) is 0 Å². The number of benzene rings is 1. The van der Waals surface area contributed by atoms with E-state index < -0.39 is 0 Å². The highest BCUT2D eigenvalue weighted by molar-refractivity contribution is 9.09. The monoisotopic (exact) mass is 382 g/mol. The number of amides is 2. The third-order valence-corrected chi connectivity index (χ3v) is 4.29. The van der Waals surface area contributed by atoms with E-state index in [1.165, 1.54) is 0 Å². The van der Waals surface area contributed by atoms with E-state index in [1.807, 2.05) is 6.07 Å². The van der Waals surface area contributed by atoms with E-state index in [0.717, 1.165) is 24.6 Å². The van der Waals surface area contributed by atoms with Gasteiger partial charge in [0.2, 0.25) is 5.91 Å². The lowest BCUT2D eigenvalue weighted by Crippen LogP contribution is -2.40. The molecule has 0 unspecified atom stereocenters. The van der Waals surface area contributed by atoms with Crippen molar-refractivity contribution in [3.8, 4) is 0 Å². The number of anilines is 1. The van der Waals surface area contributed by atoms with E-state index in [4.69, 9.17) is 4.74 Å². The number of carbonyl (C=O) groups excluding carboxylic acids is 2. The number of carbonyl (C=O) groups is 2. The molecule has 1 saturated heterocycles. The van der Waals surface area contributed by atoms with Crippen molar-refractivity contribution in [3.05, 3.63) is 29.8 Å². The Morgan fingerprint density at radius 3 is 2.70 bits per heavy atom. The van der Waals surface area contributed by atoms with Gasteiger partial charge in [-0.1, -0.05) is 28.4 Å². The first-order chi connectivity index (χ1) is 11.2. The summed E-state index contributed by atoms with van der Waals surface area (Å²) in [5.41, 5.74) is 1.28. The van der Waals surface area contributed by atoms with Crippen LogP contribution in [0.1, 0.15) is 36.0 Å². The average molecular weight is 383 g/mol. The number of rotatable bonds is 7. The van der Waals surface area contributed by atoms with Crippen LogP contribution in [0.3, 0.4) is 0 Å². The first kappa shape index (κ1) is 17.9. The van der Waals surface area contributed by atoms with Crippen molar-refractivity contribution in [1.82, 2.24) is 4.90 Å². The van der Waals surface area contributed by atoms with Gasteiger partial charge in [0.1, 0.15) is 0 Å². The number of alkyl halides is 1. The molecule has 0 radical (unpaired) electrons. The second kappa shape index (κ2) is 9.67. The summed E-state index contributed by atoms with van der Waals surface area (Å²) < 4.78 is 5.26. The molecule has 1 fully saturated rings. The van der Waals surface area contributed by atoms with E-state index in [-0.39, 0.29) is 11.8 Å². The molecule has 6 heteroatoms. The number of unbranched alkanes of at least 4 members (excludes halogenated alkanes) is 2. The Kier molecular flexibility index (Phi) is 7.55. The molecule has 0 atom stereocenters. The summed E-state index contributed by atoms with van der Waals surface area (Å²) in [4.78, 5) is 26.1. The Labute approximate surface area is 145 Å². The molecule has 1 aromatic rings. The van der Waals surface area contributed by atoms with Crippen LogP contribution in [-0.2, 0) is 9.53 Å². The van der Waals surface area contributed by atoms with Gasteiger partial charge in [0.05, 0.1) is 13.2 Å². The third-order valence-electron chi connectivity index (χ3n) is 3.73. The quantitative estimate of drug-likeness (QED) is 0.582. The fourth-order valence-electron chi connectivity index (χ4n) is 2.46. The molecule has 0 spiro atoms. The van der Waals surface area contributed by atoms with Gasteiger partial charge in [-0.3, -0.25) is 9.59 Å². The van der Waals surface area contributed by atoms with Gasteiger partial charge in [-0.05, 0) is 31.0 Å². The van der Waals surface area contributed by atoms with E-state index in [1.54, 1.807) is 23.1 Å². The van der Waals surface area contributed by atoms with Gasteiger partial charge in [-0.2, -0.15) is 0 Å². The smallest absolute Gasteiger partial charge is 0.254 e. The maximum atomic E-state index is 12.4. The van der Waals surface area contributed by atoms with Crippen molar-refractivity contribution in [1.29, 1.82) is 0 Å². The predicted molar refractivity (Wildman–Crippen MR) is 94.1 cm³/mol. The molecule has 1 N–H and O–H groups in total. The fourth-order valence-corrected chi connectivity index (χ4v) is 2.86. The van der Waals surface area contributed by atoms with Crippen LogP contribution in [0.2, 0.25) is 0 Å². The topological polar surface area (TPSA) is 58.6 Å². The van der Waals surface area contributed by atoms with Crippen LogP contribution in [0.25, 0.3) is 0 Å². The molecule has 0 aromatic heterocycles. The first-order valence-electron chi connectivity index (χ1n) is 8.03. The molecule has 2 rings (SSSR count). The summed E-state index contributed by atoms with van der Waals surface area (Å²) in [5.74, 6) is -0.0164. The Balaban J connectivity index is 1.88. The number of nitrogens with zero attached hydrogens (tertiary/aromatic N) is 1. The van der Waals surface area contributed by atoms with Crippen LogP contribution in [-0.4, -0.2) is 48.3 Å². The number of hydrogen-bond acceptors (Lipinski definition) is 3. The number of ether oxygens (including phenoxy) is 1. The predicted octanol–water partition coefficient (Wildman–Crippen LogP) is 3.05. The minimum Gasteiger partial charge on any atom is -0.378 e. The van der Waals surface area contributed by atoms with Gasteiger partial charge < -0.3 is 15.0 Å². The molecule has 23 heavy (non-hydrogen) atoms. The van der Waals surface area contributed by atoms with Crippen LogP contribution in [0.15, 0.2) is 24.3 Å². The van der Waals surface area contributed by atoms with Crippen molar-refractivity contribution in [3.63, 3.8) is 0 Å². The van der Waals surface area contributed by atoms with Gasteiger partial charge in [0.25, 0.3) is 5.91 Å². The normalized spacial score (nSPS) is 14.6. The van der Waals surface area contributed by atoms with E-state index >= 15 is 0 Å². The molecular weight excluding hydrogens is 360 g/mol. The zero-order chi connectivity index (χ0) is 16.5. The maximum absolute atomic E-state index is 12.4. The summed E-state index contributed by atoms with van der Waals surface area (Å²) >= 11 is 3.38. The van der Waals surface area contributed by atoms with Crippen molar-refractivity contribution in [2.45, 2.75) is 25.7 Å². The SMILES string of the molecule is O=C(CCCCCBr)Nc1cccc(C(=O)N2CCOCC2)c1. The van der Waals surface area contributed by atoms with Crippen LogP contribution in [0.4, 0.5) is 5.69 Å². The van der Waals surface area contributed by atoms with E-state index in [2.05, 4.69) is 21.2 Å². The van der Waals surface area contributed by atoms with Gasteiger partial charge in [0.15, 0.2) is 0 Å². The minimum atomic E-state index is -0.0123. The van der Waals surface area contributed by atoms with Crippen molar-refractivity contribution in [2.24, 2.45) is 0 Å². The molecule has 1 aliphatic heterocycles. The van der Waals surface area contributed by atoms with Gasteiger partial charge in [-0.25, -0.2) is 0 Å². The molecule has 0 bridgehead atoms. The average Bonchev–Trinajstić information content (AvgIpc) is 2.59. The molecule has 1 aliphatic rings. The zero-order valence-corrected chi connectivity index (χ0v) is 14.8. The molecule has 5 nitrogen and oxygen atoms in total. The van der Waals surface area contributed by atoms with Gasteiger partial charge >= 0.3 is 0 Å². The standard InChI is InChI=1S/C17H23BrN2O3/c18-8-3-1-2-7-16(21)19-15-6-4-5-14(13-15)17(22)20-9-11-23-12-10-20/h4-6,13H,1-3,7-12H2,(H,19,21). The Bertz CT molecular complexity index is 530. The van der Waals surface area contributed by atoms with Crippen molar-refractivity contribution < 1.29 is 14.3 Å². The molecule has 0 saturated carbocycles. The number of nitrogens with one attached hydrogen (secondary N) is 1. The lowest BCUT2D eigenvalue weighted by Gasteiger charge is -2.27. The number of halogens is 1.